The summed E-state index contributed by atoms with van der Waals surface area (Å²) in [6, 6.07) is 28.2. The Hall–Kier alpha value is -6.05. The highest BCUT2D eigenvalue weighted by Gasteiger charge is 2.34. The number of anilines is 2. The number of carbonyl (C=O) groups excluding carboxylic acids is 1. The highest BCUT2D eigenvalue weighted by atomic mass is 32.2. The number of rotatable bonds is 13. The third-order valence-corrected chi connectivity index (χ3v) is 14.2. The summed E-state index contributed by atoms with van der Waals surface area (Å²) in [5, 5.41) is 25.5. The van der Waals surface area contributed by atoms with Crippen LogP contribution in [0.5, 0.6) is 11.5 Å². The number of nitro groups is 1. The molecule has 0 aromatic heterocycles. The molecule has 9 rings (SSSR count). The molecule has 1 amide bonds. The van der Waals surface area contributed by atoms with Crippen molar-refractivity contribution in [3.63, 3.8) is 0 Å². The quantitative estimate of drug-likeness (QED) is 0.0776. The lowest BCUT2D eigenvalue weighted by Gasteiger charge is -2.33. The van der Waals surface area contributed by atoms with Crippen molar-refractivity contribution in [1.82, 2.24) is 4.72 Å². The summed E-state index contributed by atoms with van der Waals surface area (Å²) in [6.07, 6.45) is 11.6. The summed E-state index contributed by atoms with van der Waals surface area (Å²) in [6.45, 7) is 3.16. The van der Waals surface area contributed by atoms with Crippen LogP contribution < -0.4 is 19.7 Å². The molecular formula is C49H49FN4O7S. The van der Waals surface area contributed by atoms with Gasteiger partial charge in [-0.2, -0.15) is 0 Å². The molecule has 2 saturated carbocycles. The van der Waals surface area contributed by atoms with Gasteiger partial charge in [-0.05, 0) is 147 Å². The third-order valence-electron chi connectivity index (χ3n) is 12.9. The molecule has 0 spiro atoms. The Balaban J connectivity index is 0.981. The van der Waals surface area contributed by atoms with E-state index >= 15 is 0 Å². The normalized spacial score (nSPS) is 20.8. The standard InChI is InChI=1S/C49H49FN4O7S/c1-49(56)23-21-31(22-24-49)30-51-43-20-18-38(29-45(43)54(57)58)62(59,60)52-48(55)42-19-15-34(27-46(42)61-47-28-36(50)26-35-6-4-9-40(35)47)32-13-16-37(17-14-32)53-25-5-10-44(53)41-8-3-2-7-39(41)33-11-12-33/h2-4,7-9,13-20,26-29,31,33,44,51,56H,5-6,10-12,21-25,30H2,1H3,(H,52,55)/t31?,44-,49?/m1/s1. The van der Waals surface area contributed by atoms with E-state index in [0.29, 0.717) is 54.5 Å². The van der Waals surface area contributed by atoms with Crippen molar-refractivity contribution in [3.05, 3.63) is 147 Å². The molecule has 0 bridgehead atoms. The Morgan fingerprint density at radius 2 is 1.66 bits per heavy atom. The van der Waals surface area contributed by atoms with Crippen LogP contribution in [0.3, 0.4) is 0 Å². The van der Waals surface area contributed by atoms with E-state index in [9.17, 15) is 32.8 Å². The third kappa shape index (κ3) is 8.69. The van der Waals surface area contributed by atoms with Crippen molar-refractivity contribution in [2.45, 2.75) is 87.2 Å². The van der Waals surface area contributed by atoms with Crippen LogP contribution in [0.25, 0.3) is 17.2 Å². The van der Waals surface area contributed by atoms with Crippen molar-refractivity contribution in [3.8, 4) is 22.6 Å². The van der Waals surface area contributed by atoms with E-state index in [1.807, 2.05) is 24.3 Å². The second-order valence-corrected chi connectivity index (χ2v) is 19.1. The molecule has 4 aliphatic rings. The molecule has 1 aliphatic heterocycles. The number of halogens is 1. The van der Waals surface area contributed by atoms with Gasteiger partial charge in [0.2, 0.25) is 0 Å². The zero-order valence-electron chi connectivity index (χ0n) is 34.5. The van der Waals surface area contributed by atoms with Gasteiger partial charge >= 0.3 is 0 Å². The number of amides is 1. The second-order valence-electron chi connectivity index (χ2n) is 17.4. The van der Waals surface area contributed by atoms with Crippen LogP contribution in [0.1, 0.15) is 103 Å². The van der Waals surface area contributed by atoms with Crippen molar-refractivity contribution < 1.29 is 32.4 Å². The topological polar surface area (TPSA) is 151 Å². The fourth-order valence-electron chi connectivity index (χ4n) is 9.28. The Labute approximate surface area is 360 Å². The number of hydrogen-bond acceptors (Lipinski definition) is 9. The number of ether oxygens (including phenoxy) is 1. The van der Waals surface area contributed by atoms with Gasteiger partial charge in [-0.25, -0.2) is 17.5 Å². The zero-order chi connectivity index (χ0) is 43.2. The molecule has 5 aromatic rings. The molecular weight excluding hydrogens is 808 g/mol. The van der Waals surface area contributed by atoms with E-state index < -0.39 is 42.9 Å². The average molecular weight is 857 g/mol. The summed E-state index contributed by atoms with van der Waals surface area (Å²) in [7, 11) is -4.63. The zero-order valence-corrected chi connectivity index (χ0v) is 35.3. The molecule has 3 aliphatic carbocycles. The molecule has 11 nitrogen and oxygen atoms in total. The van der Waals surface area contributed by atoms with E-state index in [1.165, 1.54) is 54.3 Å². The maximum atomic E-state index is 14.9. The molecule has 5 aromatic carbocycles. The first kappa shape index (κ1) is 41.3. The maximum absolute atomic E-state index is 14.9. The number of nitrogens with zero attached hydrogens (tertiary/aromatic N) is 2. The number of aliphatic hydroxyl groups is 1. The number of benzene rings is 5. The number of allylic oxidation sites excluding steroid dienone is 1. The minimum atomic E-state index is -4.63. The first-order valence-corrected chi connectivity index (χ1v) is 22.9. The van der Waals surface area contributed by atoms with Gasteiger partial charge in [0.05, 0.1) is 27.0 Å². The molecule has 0 unspecified atom stereocenters. The van der Waals surface area contributed by atoms with Crippen LogP contribution in [0.15, 0.2) is 108 Å². The molecule has 320 valence electrons. The van der Waals surface area contributed by atoms with Crippen LogP contribution in [-0.4, -0.2) is 43.0 Å². The molecule has 1 atom stereocenters. The number of fused-ring (bicyclic) bond motifs is 1. The van der Waals surface area contributed by atoms with E-state index in [1.54, 1.807) is 19.1 Å². The maximum Gasteiger partial charge on any atom is 0.293 e. The van der Waals surface area contributed by atoms with E-state index in [-0.39, 0.29) is 28.7 Å². The van der Waals surface area contributed by atoms with Crippen LogP contribution in [0.2, 0.25) is 0 Å². The van der Waals surface area contributed by atoms with Gasteiger partial charge in [-0.3, -0.25) is 14.9 Å². The Kier molecular flexibility index (Phi) is 11.1. The molecule has 62 heavy (non-hydrogen) atoms. The molecule has 3 fully saturated rings. The summed E-state index contributed by atoms with van der Waals surface area (Å²) in [5.74, 6) is -0.549. The number of nitrogens with one attached hydrogen (secondary N) is 2. The van der Waals surface area contributed by atoms with E-state index in [0.717, 1.165) is 49.5 Å². The molecule has 1 saturated heterocycles. The number of sulfonamides is 1. The van der Waals surface area contributed by atoms with Crippen LogP contribution in [0, 0.1) is 21.8 Å². The summed E-state index contributed by atoms with van der Waals surface area (Å²) >= 11 is 0. The monoisotopic (exact) mass is 856 g/mol. The van der Waals surface area contributed by atoms with Crippen LogP contribution >= 0.6 is 0 Å². The van der Waals surface area contributed by atoms with Gasteiger partial charge < -0.3 is 20.1 Å². The van der Waals surface area contributed by atoms with Gasteiger partial charge in [0, 0.05) is 36.5 Å². The predicted octanol–water partition coefficient (Wildman–Crippen LogP) is 10.5. The number of nitro benzene ring substituents is 1. The Morgan fingerprint density at radius 1 is 0.919 bits per heavy atom. The highest BCUT2D eigenvalue weighted by Crippen LogP contribution is 2.47. The van der Waals surface area contributed by atoms with Gasteiger partial charge in [0.1, 0.15) is 23.0 Å². The SMILES string of the molecule is CC1(O)CCC(CNc2ccc(S(=O)(=O)NC(=O)c3ccc(-c4ccc(N5CCC[C@@H]5c5ccccc5C5CC5)cc4)cc3Oc3cc(F)cc4c3C=CC4)cc2[N+](=O)[O-])CC1. The van der Waals surface area contributed by atoms with Gasteiger partial charge in [-0.1, -0.05) is 54.6 Å². The van der Waals surface area contributed by atoms with Crippen LogP contribution in [0.4, 0.5) is 21.5 Å². The molecule has 3 N–H and O–H groups in total. The fourth-order valence-corrected chi connectivity index (χ4v) is 10.3. The first-order valence-electron chi connectivity index (χ1n) is 21.4. The van der Waals surface area contributed by atoms with Crippen molar-refractivity contribution >= 4 is 39.1 Å². The lowest BCUT2D eigenvalue weighted by molar-refractivity contribution is -0.384. The second kappa shape index (κ2) is 16.7. The Morgan fingerprint density at radius 3 is 2.40 bits per heavy atom. The summed E-state index contributed by atoms with van der Waals surface area (Å²) in [4.78, 5) is 27.5. The van der Waals surface area contributed by atoms with E-state index in [2.05, 4.69) is 51.3 Å². The van der Waals surface area contributed by atoms with Crippen LogP contribution in [-0.2, 0) is 16.4 Å². The van der Waals surface area contributed by atoms with Crippen molar-refractivity contribution in [2.24, 2.45) is 5.92 Å². The van der Waals surface area contributed by atoms with Crippen molar-refractivity contribution in [2.75, 3.05) is 23.3 Å². The number of hydrogen-bond donors (Lipinski definition) is 3. The summed E-state index contributed by atoms with van der Waals surface area (Å²) in [5.41, 5.74) is 5.67. The van der Waals surface area contributed by atoms with E-state index in [4.69, 9.17) is 4.74 Å². The Bertz CT molecular complexity index is 2690. The lowest BCUT2D eigenvalue weighted by atomic mass is 9.80. The predicted molar refractivity (Wildman–Crippen MR) is 238 cm³/mol. The smallest absolute Gasteiger partial charge is 0.293 e. The average Bonchev–Trinajstić information content (AvgIpc) is 3.79. The minimum absolute atomic E-state index is 0.00146. The summed E-state index contributed by atoms with van der Waals surface area (Å²) < 4.78 is 50.7. The number of carbonyl (C=O) groups is 1. The molecule has 0 radical (unpaired) electrons. The largest absolute Gasteiger partial charge is 0.456 e. The molecule has 1 heterocycles. The van der Waals surface area contributed by atoms with Gasteiger partial charge in [-0.15, -0.1) is 0 Å². The van der Waals surface area contributed by atoms with Gasteiger partial charge in [0.15, 0.2) is 0 Å². The highest BCUT2D eigenvalue weighted by molar-refractivity contribution is 7.90. The fraction of sp³-hybridized carbons (Fsp3) is 0.327. The lowest BCUT2D eigenvalue weighted by Crippen LogP contribution is -2.32. The minimum Gasteiger partial charge on any atom is -0.456 e. The van der Waals surface area contributed by atoms with Crippen molar-refractivity contribution in [1.29, 1.82) is 0 Å². The first-order chi connectivity index (χ1) is 29.8. The van der Waals surface area contributed by atoms with Gasteiger partial charge in [0.25, 0.3) is 21.6 Å². The molecule has 13 heteroatoms.